The molecule has 0 N–H and O–H groups in total. The number of nitrogens with zero attached hydrogens (tertiary/aromatic N) is 1. The monoisotopic (exact) mass is 429 g/mol. The number of halogens is 3. The van der Waals surface area contributed by atoms with E-state index >= 15 is 0 Å². The maximum atomic E-state index is 12.8. The molecule has 29 heavy (non-hydrogen) atoms. The van der Waals surface area contributed by atoms with Crippen molar-refractivity contribution in [3.8, 4) is 0 Å². The van der Waals surface area contributed by atoms with Crippen LogP contribution < -0.4 is 0 Å². The largest absolute Gasteiger partial charge is 0.457 e. The first-order valence-electron chi connectivity index (χ1n) is 8.69. The van der Waals surface area contributed by atoms with E-state index < -0.39 is 27.7 Å². The van der Waals surface area contributed by atoms with Crippen molar-refractivity contribution >= 4 is 16.0 Å². The maximum absolute atomic E-state index is 12.8. The smallest absolute Gasteiger partial charge is 0.416 e. The Morgan fingerprint density at radius 1 is 1.07 bits per heavy atom. The van der Waals surface area contributed by atoms with Crippen LogP contribution in [0.5, 0.6) is 0 Å². The van der Waals surface area contributed by atoms with Crippen LogP contribution in [0.3, 0.4) is 0 Å². The molecular weight excluding hydrogens is 411 g/mol. The Kier molecular flexibility index (Phi) is 6.25. The fourth-order valence-corrected chi connectivity index (χ4v) is 4.24. The van der Waals surface area contributed by atoms with Gasteiger partial charge in [-0.2, -0.15) is 17.5 Å². The number of morpholine rings is 1. The van der Waals surface area contributed by atoms with Gasteiger partial charge in [0.2, 0.25) is 10.0 Å². The van der Waals surface area contributed by atoms with Crippen molar-refractivity contribution in [2.75, 3.05) is 26.3 Å². The highest BCUT2D eigenvalue weighted by molar-refractivity contribution is 7.89. The van der Waals surface area contributed by atoms with E-state index in [1.807, 2.05) is 0 Å². The first kappa shape index (κ1) is 21.3. The van der Waals surface area contributed by atoms with E-state index in [0.29, 0.717) is 0 Å². The quantitative estimate of drug-likeness (QED) is 0.683. The second-order valence-corrected chi connectivity index (χ2v) is 8.26. The molecule has 0 atom stereocenters. The standard InChI is InChI=1S/C19H18F3NO5S/c20-19(21,22)16-5-1-3-14(11-16)13-28-18(24)15-4-2-6-17(12-15)29(25,26)23-7-9-27-10-8-23/h1-6,11-12H,7-10,13H2. The van der Waals surface area contributed by atoms with Crippen LogP contribution in [0.4, 0.5) is 13.2 Å². The summed E-state index contributed by atoms with van der Waals surface area (Å²) >= 11 is 0. The van der Waals surface area contributed by atoms with Gasteiger partial charge in [-0.15, -0.1) is 0 Å². The van der Waals surface area contributed by atoms with E-state index in [9.17, 15) is 26.4 Å². The van der Waals surface area contributed by atoms with Crippen LogP contribution in [0.25, 0.3) is 0 Å². The number of carbonyl (C=O) groups excluding carboxylic acids is 1. The van der Waals surface area contributed by atoms with Gasteiger partial charge < -0.3 is 9.47 Å². The van der Waals surface area contributed by atoms with Gasteiger partial charge in [0.1, 0.15) is 6.61 Å². The summed E-state index contributed by atoms with van der Waals surface area (Å²) in [6.07, 6.45) is -4.50. The predicted molar refractivity (Wildman–Crippen MR) is 96.6 cm³/mol. The van der Waals surface area contributed by atoms with Gasteiger partial charge in [0, 0.05) is 13.1 Å². The van der Waals surface area contributed by atoms with E-state index in [1.165, 1.54) is 40.7 Å². The van der Waals surface area contributed by atoms with Gasteiger partial charge in [0.05, 0.1) is 29.2 Å². The fourth-order valence-electron chi connectivity index (χ4n) is 2.79. The number of alkyl halides is 3. The molecule has 0 saturated carbocycles. The molecule has 3 rings (SSSR count). The van der Waals surface area contributed by atoms with E-state index in [1.54, 1.807) is 0 Å². The SMILES string of the molecule is O=C(OCc1cccc(C(F)(F)F)c1)c1cccc(S(=O)(=O)N2CCOCC2)c1. The first-order chi connectivity index (χ1) is 13.7. The van der Waals surface area contributed by atoms with Crippen molar-refractivity contribution in [1.82, 2.24) is 4.31 Å². The molecule has 2 aromatic carbocycles. The van der Waals surface area contributed by atoms with Crippen molar-refractivity contribution < 1.29 is 35.9 Å². The molecule has 0 aliphatic carbocycles. The number of carbonyl (C=O) groups is 1. The Labute approximate surface area is 165 Å². The highest BCUT2D eigenvalue weighted by Crippen LogP contribution is 2.29. The number of hydrogen-bond donors (Lipinski definition) is 0. The molecule has 2 aromatic rings. The molecule has 10 heteroatoms. The molecule has 1 heterocycles. The molecule has 0 bridgehead atoms. The number of benzene rings is 2. The normalized spacial score (nSPS) is 15.8. The van der Waals surface area contributed by atoms with Gasteiger partial charge in [-0.3, -0.25) is 0 Å². The molecule has 6 nitrogen and oxygen atoms in total. The summed E-state index contributed by atoms with van der Waals surface area (Å²) in [5.41, 5.74) is -0.679. The van der Waals surface area contributed by atoms with E-state index in [4.69, 9.17) is 9.47 Å². The number of ether oxygens (including phenoxy) is 2. The summed E-state index contributed by atoms with van der Waals surface area (Å²) < 4.78 is 75.1. The van der Waals surface area contributed by atoms with Crippen LogP contribution in [0.1, 0.15) is 21.5 Å². The summed E-state index contributed by atoms with van der Waals surface area (Å²) in [5, 5.41) is 0. The van der Waals surface area contributed by atoms with Crippen LogP contribution in [-0.4, -0.2) is 45.0 Å². The van der Waals surface area contributed by atoms with Gasteiger partial charge in [-0.05, 0) is 35.9 Å². The fraction of sp³-hybridized carbons (Fsp3) is 0.316. The zero-order valence-corrected chi connectivity index (χ0v) is 16.0. The van der Waals surface area contributed by atoms with Crippen LogP contribution in [0, 0.1) is 0 Å². The molecule has 0 spiro atoms. The molecule has 0 radical (unpaired) electrons. The molecule has 1 saturated heterocycles. The van der Waals surface area contributed by atoms with Crippen molar-refractivity contribution in [1.29, 1.82) is 0 Å². The van der Waals surface area contributed by atoms with Gasteiger partial charge in [-0.1, -0.05) is 18.2 Å². The number of rotatable bonds is 5. The highest BCUT2D eigenvalue weighted by atomic mass is 32.2. The molecule has 0 aromatic heterocycles. The maximum Gasteiger partial charge on any atom is 0.416 e. The van der Waals surface area contributed by atoms with Gasteiger partial charge in [0.15, 0.2) is 0 Å². The first-order valence-corrected chi connectivity index (χ1v) is 10.1. The lowest BCUT2D eigenvalue weighted by Gasteiger charge is -2.26. The molecular formula is C19H18F3NO5S. The summed E-state index contributed by atoms with van der Waals surface area (Å²) in [6, 6.07) is 9.80. The molecule has 1 aliphatic rings. The summed E-state index contributed by atoms with van der Waals surface area (Å²) in [4.78, 5) is 12.2. The third kappa shape index (κ3) is 5.14. The lowest BCUT2D eigenvalue weighted by molar-refractivity contribution is -0.137. The number of hydrogen-bond acceptors (Lipinski definition) is 5. The van der Waals surface area contributed by atoms with Crippen molar-refractivity contribution in [2.45, 2.75) is 17.7 Å². The third-order valence-electron chi connectivity index (χ3n) is 4.30. The van der Waals surface area contributed by atoms with Crippen LogP contribution in [0.15, 0.2) is 53.4 Å². The average molecular weight is 429 g/mol. The Hall–Kier alpha value is -2.43. The van der Waals surface area contributed by atoms with E-state index in [0.717, 1.165) is 12.1 Å². The predicted octanol–water partition coefficient (Wildman–Crippen LogP) is 3.08. The minimum Gasteiger partial charge on any atom is -0.457 e. The van der Waals surface area contributed by atoms with Crippen LogP contribution >= 0.6 is 0 Å². The second-order valence-electron chi connectivity index (χ2n) is 6.32. The molecule has 156 valence electrons. The summed E-state index contributed by atoms with van der Waals surface area (Å²) in [6.45, 7) is 0.637. The Balaban J connectivity index is 1.71. The average Bonchev–Trinajstić information content (AvgIpc) is 2.72. The van der Waals surface area contributed by atoms with Crippen molar-refractivity contribution in [2.24, 2.45) is 0 Å². The molecule has 1 fully saturated rings. The second kappa shape index (κ2) is 8.52. The zero-order chi connectivity index (χ0) is 21.1. The number of sulfonamides is 1. The van der Waals surface area contributed by atoms with E-state index in [2.05, 4.69) is 0 Å². The van der Waals surface area contributed by atoms with Gasteiger partial charge in [0.25, 0.3) is 0 Å². The summed E-state index contributed by atoms with van der Waals surface area (Å²) in [5.74, 6) is -0.832. The Bertz CT molecular complexity index is 985. The van der Waals surface area contributed by atoms with Gasteiger partial charge in [-0.25, -0.2) is 13.2 Å². The Morgan fingerprint density at radius 2 is 1.76 bits per heavy atom. The molecule has 0 amide bonds. The minimum atomic E-state index is -4.50. The van der Waals surface area contributed by atoms with Crippen molar-refractivity contribution in [3.05, 3.63) is 65.2 Å². The zero-order valence-electron chi connectivity index (χ0n) is 15.2. The Morgan fingerprint density at radius 3 is 2.45 bits per heavy atom. The van der Waals surface area contributed by atoms with Crippen LogP contribution in [-0.2, 0) is 32.3 Å². The summed E-state index contributed by atoms with van der Waals surface area (Å²) in [7, 11) is -3.79. The van der Waals surface area contributed by atoms with Gasteiger partial charge >= 0.3 is 12.1 Å². The highest BCUT2D eigenvalue weighted by Gasteiger charge is 2.30. The third-order valence-corrected chi connectivity index (χ3v) is 6.20. The minimum absolute atomic E-state index is 0.00805. The van der Waals surface area contributed by atoms with Crippen LogP contribution in [0.2, 0.25) is 0 Å². The topological polar surface area (TPSA) is 72.9 Å². The molecule has 0 unspecified atom stereocenters. The lowest BCUT2D eigenvalue weighted by Crippen LogP contribution is -2.40. The van der Waals surface area contributed by atoms with Crippen molar-refractivity contribution in [3.63, 3.8) is 0 Å². The van der Waals surface area contributed by atoms with E-state index in [-0.39, 0.29) is 48.9 Å². The lowest BCUT2D eigenvalue weighted by atomic mass is 10.1. The molecule has 1 aliphatic heterocycles. The number of esters is 1.